The van der Waals surface area contributed by atoms with Gasteiger partial charge in [0.25, 0.3) is 0 Å². The number of aryl methyl sites for hydroxylation is 2. The number of aliphatic hydroxyl groups excluding tert-OH is 1. The first-order valence-corrected chi connectivity index (χ1v) is 10.6. The second-order valence-corrected chi connectivity index (χ2v) is 8.85. The highest BCUT2D eigenvalue weighted by atomic mass is 127. The van der Waals surface area contributed by atoms with Crippen LogP contribution in [-0.2, 0) is 12.8 Å². The van der Waals surface area contributed by atoms with Crippen molar-refractivity contribution in [3.05, 3.63) is 62.2 Å². The summed E-state index contributed by atoms with van der Waals surface area (Å²) < 4.78 is 1.34. The number of rotatable bonds is 2. The van der Waals surface area contributed by atoms with E-state index in [4.69, 9.17) is 0 Å². The van der Waals surface area contributed by atoms with Crippen molar-refractivity contribution in [3.8, 4) is 0 Å². The number of benzene rings is 2. The molecular weight excluding hydrogens is 435 g/mol. The van der Waals surface area contributed by atoms with E-state index in [1.54, 1.807) is 0 Å². The summed E-state index contributed by atoms with van der Waals surface area (Å²) in [4.78, 5) is 5.04. The number of piperazine rings is 1. The Morgan fingerprint density at radius 3 is 2.27 bits per heavy atom. The molecule has 2 aromatic carbocycles. The third kappa shape index (κ3) is 3.39. The van der Waals surface area contributed by atoms with Crippen LogP contribution >= 0.6 is 22.6 Å². The van der Waals surface area contributed by atoms with E-state index in [1.807, 2.05) is 0 Å². The maximum absolute atomic E-state index is 10.8. The maximum Gasteiger partial charge on any atom is 0.0739 e. The zero-order valence-electron chi connectivity index (χ0n) is 15.6. The summed E-state index contributed by atoms with van der Waals surface area (Å²) in [5.41, 5.74) is 6.89. The fraction of sp³-hybridized carbons (Fsp3) is 0.455. The molecular formula is C22H27IN2O. The first kappa shape index (κ1) is 18.3. The zero-order valence-corrected chi connectivity index (χ0v) is 17.7. The van der Waals surface area contributed by atoms with Gasteiger partial charge in [0.05, 0.1) is 6.10 Å². The molecule has 0 amide bonds. The van der Waals surface area contributed by atoms with E-state index in [9.17, 15) is 5.11 Å². The summed E-state index contributed by atoms with van der Waals surface area (Å²) in [5.74, 6) is 0. The molecule has 0 bridgehead atoms. The first-order valence-electron chi connectivity index (χ1n) is 9.54. The number of anilines is 1. The Bertz CT molecular complexity index is 778. The van der Waals surface area contributed by atoms with Crippen LogP contribution in [0, 0.1) is 17.4 Å². The number of hydrogen-bond donors (Lipinski definition) is 1. The van der Waals surface area contributed by atoms with Crippen molar-refractivity contribution in [2.75, 3.05) is 31.1 Å². The van der Waals surface area contributed by atoms with Crippen LogP contribution in [0.3, 0.4) is 0 Å². The van der Waals surface area contributed by atoms with E-state index < -0.39 is 0 Å². The van der Waals surface area contributed by atoms with Crippen molar-refractivity contribution in [2.24, 2.45) is 0 Å². The van der Waals surface area contributed by atoms with Crippen LogP contribution in [0.25, 0.3) is 0 Å². The van der Waals surface area contributed by atoms with E-state index in [1.165, 1.54) is 31.5 Å². The quantitative estimate of drug-likeness (QED) is 0.692. The topological polar surface area (TPSA) is 26.7 Å². The Morgan fingerprint density at radius 2 is 1.58 bits per heavy atom. The van der Waals surface area contributed by atoms with Crippen molar-refractivity contribution < 1.29 is 5.11 Å². The zero-order chi connectivity index (χ0) is 18.3. The fourth-order valence-corrected chi connectivity index (χ4v) is 5.46. The second-order valence-electron chi connectivity index (χ2n) is 7.68. The molecule has 1 aliphatic carbocycles. The van der Waals surface area contributed by atoms with Gasteiger partial charge in [0.15, 0.2) is 0 Å². The van der Waals surface area contributed by atoms with Gasteiger partial charge < -0.3 is 10.0 Å². The summed E-state index contributed by atoms with van der Waals surface area (Å²) in [6.07, 6.45) is 1.50. The van der Waals surface area contributed by atoms with E-state index in [0.717, 1.165) is 39.0 Å². The highest BCUT2D eigenvalue weighted by Gasteiger charge is 2.34. The lowest BCUT2D eigenvalue weighted by atomic mass is 9.85. The molecule has 4 heteroatoms. The minimum atomic E-state index is -0.257. The summed E-state index contributed by atoms with van der Waals surface area (Å²) in [6.45, 7) is 8.53. The van der Waals surface area contributed by atoms with Gasteiger partial charge in [0, 0.05) is 47.9 Å². The molecule has 1 fully saturated rings. The van der Waals surface area contributed by atoms with Gasteiger partial charge in [-0.15, -0.1) is 0 Å². The van der Waals surface area contributed by atoms with Crippen molar-refractivity contribution >= 4 is 28.3 Å². The number of para-hydroxylation sites is 1. The van der Waals surface area contributed by atoms with Gasteiger partial charge in [-0.2, -0.15) is 0 Å². The molecule has 0 aromatic heterocycles. The van der Waals surface area contributed by atoms with Crippen LogP contribution in [0.1, 0.15) is 22.3 Å². The Morgan fingerprint density at radius 1 is 0.923 bits per heavy atom. The molecule has 2 atom stereocenters. The smallest absolute Gasteiger partial charge is 0.0739 e. The second kappa shape index (κ2) is 7.49. The monoisotopic (exact) mass is 462 g/mol. The Balaban J connectivity index is 1.48. The number of nitrogens with zero attached hydrogens (tertiary/aromatic N) is 2. The molecule has 1 saturated heterocycles. The normalized spacial score (nSPS) is 23.8. The maximum atomic E-state index is 10.8. The summed E-state index contributed by atoms with van der Waals surface area (Å²) in [7, 11) is 0. The molecule has 2 aliphatic rings. The van der Waals surface area contributed by atoms with Crippen LogP contribution in [0.5, 0.6) is 0 Å². The molecule has 1 heterocycles. The molecule has 2 aromatic rings. The fourth-order valence-electron chi connectivity index (χ4n) is 4.68. The minimum Gasteiger partial charge on any atom is -0.391 e. The Labute approximate surface area is 170 Å². The van der Waals surface area contributed by atoms with Crippen molar-refractivity contribution in [1.29, 1.82) is 0 Å². The average molecular weight is 462 g/mol. The number of halogens is 1. The van der Waals surface area contributed by atoms with Crippen molar-refractivity contribution in [3.63, 3.8) is 0 Å². The van der Waals surface area contributed by atoms with Crippen LogP contribution in [0.15, 0.2) is 36.4 Å². The standard InChI is InChI=1S/C22H27IN2O/c1-15-5-3-6-16(2)22(15)25-11-9-24(10-12-25)20-14-18-17(13-21(20)26)7-4-8-19(18)23/h3-8,20-21,26H,9-14H2,1-2H3. The number of aliphatic hydroxyl groups is 1. The molecule has 4 rings (SSSR count). The Hall–Kier alpha value is -1.11. The highest BCUT2D eigenvalue weighted by Crippen LogP contribution is 2.30. The van der Waals surface area contributed by atoms with Gasteiger partial charge >= 0.3 is 0 Å². The third-order valence-electron chi connectivity index (χ3n) is 6.04. The van der Waals surface area contributed by atoms with Gasteiger partial charge in [0.2, 0.25) is 0 Å². The SMILES string of the molecule is Cc1cccc(C)c1N1CCN(C2Cc3c(I)cccc3CC2O)CC1. The van der Waals surface area contributed by atoms with Crippen LogP contribution < -0.4 is 4.90 Å². The van der Waals surface area contributed by atoms with Crippen LogP contribution in [0.2, 0.25) is 0 Å². The largest absolute Gasteiger partial charge is 0.391 e. The van der Waals surface area contributed by atoms with Gasteiger partial charge in [-0.05, 0) is 71.2 Å². The van der Waals surface area contributed by atoms with Crippen molar-refractivity contribution in [1.82, 2.24) is 4.90 Å². The van der Waals surface area contributed by atoms with Crippen LogP contribution in [0.4, 0.5) is 5.69 Å². The molecule has 1 aliphatic heterocycles. The van der Waals surface area contributed by atoms with Gasteiger partial charge in [-0.3, -0.25) is 4.90 Å². The lowest BCUT2D eigenvalue weighted by molar-refractivity contribution is 0.0393. The van der Waals surface area contributed by atoms with Crippen LogP contribution in [-0.4, -0.2) is 48.3 Å². The molecule has 2 unspecified atom stereocenters. The van der Waals surface area contributed by atoms with Gasteiger partial charge in [0.1, 0.15) is 0 Å². The lowest BCUT2D eigenvalue weighted by Gasteiger charge is -2.44. The molecule has 0 spiro atoms. The summed E-state index contributed by atoms with van der Waals surface area (Å²) >= 11 is 2.44. The first-order chi connectivity index (χ1) is 12.5. The molecule has 0 saturated carbocycles. The van der Waals surface area contributed by atoms with Gasteiger partial charge in [-0.1, -0.05) is 30.3 Å². The minimum absolute atomic E-state index is 0.249. The third-order valence-corrected chi connectivity index (χ3v) is 7.05. The van der Waals surface area contributed by atoms with E-state index in [2.05, 4.69) is 82.6 Å². The predicted octanol–water partition coefficient (Wildman–Crippen LogP) is 3.56. The number of fused-ring (bicyclic) bond motifs is 1. The molecule has 138 valence electrons. The summed E-state index contributed by atoms with van der Waals surface area (Å²) in [5, 5.41) is 10.8. The molecule has 3 nitrogen and oxygen atoms in total. The van der Waals surface area contributed by atoms with Gasteiger partial charge in [-0.25, -0.2) is 0 Å². The van der Waals surface area contributed by atoms with E-state index in [0.29, 0.717) is 0 Å². The molecule has 0 radical (unpaired) electrons. The van der Waals surface area contributed by atoms with Crippen molar-refractivity contribution in [2.45, 2.75) is 38.8 Å². The van der Waals surface area contributed by atoms with E-state index >= 15 is 0 Å². The molecule has 1 N–H and O–H groups in total. The Kier molecular flexibility index (Phi) is 5.26. The summed E-state index contributed by atoms with van der Waals surface area (Å²) in [6, 6.07) is 13.3. The molecule has 26 heavy (non-hydrogen) atoms. The van der Waals surface area contributed by atoms with E-state index in [-0.39, 0.29) is 12.1 Å². The lowest BCUT2D eigenvalue weighted by Crippen LogP contribution is -2.56. The number of hydrogen-bond acceptors (Lipinski definition) is 3. The highest BCUT2D eigenvalue weighted by molar-refractivity contribution is 14.1. The average Bonchev–Trinajstić information content (AvgIpc) is 2.62. The predicted molar refractivity (Wildman–Crippen MR) is 116 cm³/mol.